The van der Waals surface area contributed by atoms with Crippen molar-refractivity contribution in [2.45, 2.75) is 4.90 Å². The molecule has 0 spiro atoms. The zero-order valence-electron chi connectivity index (χ0n) is 10.7. The Kier molecular flexibility index (Phi) is 4.26. The van der Waals surface area contributed by atoms with Crippen LogP contribution in [0.4, 0.5) is 0 Å². The van der Waals surface area contributed by atoms with Crippen LogP contribution in [-0.2, 0) is 14.6 Å². The number of sulfone groups is 1. The minimum Gasteiger partial charge on any atom is -0.302 e. The molecular formula is C13H11ClN2O4S. The van der Waals surface area contributed by atoms with Crippen LogP contribution in [0.25, 0.3) is 10.8 Å². The number of aldehydes is 1. The molecule has 21 heavy (non-hydrogen) atoms. The predicted molar refractivity (Wildman–Crippen MR) is 78.7 cm³/mol. The van der Waals surface area contributed by atoms with Crippen molar-refractivity contribution in [1.29, 1.82) is 0 Å². The van der Waals surface area contributed by atoms with Gasteiger partial charge in [0.25, 0.3) is 5.91 Å². The van der Waals surface area contributed by atoms with Gasteiger partial charge >= 0.3 is 0 Å². The van der Waals surface area contributed by atoms with Gasteiger partial charge in [0.1, 0.15) is 12.0 Å². The lowest BCUT2D eigenvalue weighted by molar-refractivity contribution is -0.105. The minimum atomic E-state index is -3.92. The van der Waals surface area contributed by atoms with Crippen molar-refractivity contribution in [2.75, 3.05) is 5.75 Å². The first kappa shape index (κ1) is 15.4. The second kappa shape index (κ2) is 5.80. The highest BCUT2D eigenvalue weighted by atomic mass is 35.5. The number of carbonyl (C=O) groups excluding carboxylic acids is 2. The molecule has 0 atom stereocenters. The highest BCUT2D eigenvalue weighted by Crippen LogP contribution is 2.28. The first-order chi connectivity index (χ1) is 9.90. The molecule has 0 saturated heterocycles. The summed E-state index contributed by atoms with van der Waals surface area (Å²) in [5, 5.41) is 1.42. The van der Waals surface area contributed by atoms with Gasteiger partial charge in [0.15, 0.2) is 9.84 Å². The average Bonchev–Trinajstić information content (AvgIpc) is 2.44. The van der Waals surface area contributed by atoms with Gasteiger partial charge in [-0.25, -0.2) is 14.3 Å². The number of nitrogens with one attached hydrogen (secondary N) is 1. The summed E-state index contributed by atoms with van der Waals surface area (Å²) in [5.74, 6) is 3.65. The largest absolute Gasteiger partial charge is 0.302 e. The summed E-state index contributed by atoms with van der Waals surface area (Å²) in [6.07, 6.45) is 0.269. The van der Waals surface area contributed by atoms with Crippen LogP contribution in [0.2, 0.25) is 5.02 Å². The van der Waals surface area contributed by atoms with Crippen molar-refractivity contribution in [2.24, 2.45) is 5.84 Å². The molecule has 0 saturated carbocycles. The summed E-state index contributed by atoms with van der Waals surface area (Å²) in [5.41, 5.74) is 1.81. The zero-order valence-corrected chi connectivity index (χ0v) is 12.2. The van der Waals surface area contributed by atoms with Gasteiger partial charge in [-0.3, -0.25) is 10.2 Å². The van der Waals surface area contributed by atoms with E-state index < -0.39 is 21.5 Å². The fraction of sp³-hybridized carbons (Fsp3) is 0.0769. The maximum Gasteiger partial charge on any atom is 0.267 e. The van der Waals surface area contributed by atoms with E-state index in [1.165, 1.54) is 24.3 Å². The zero-order chi connectivity index (χ0) is 15.6. The van der Waals surface area contributed by atoms with E-state index in [1.807, 2.05) is 5.43 Å². The van der Waals surface area contributed by atoms with Gasteiger partial charge < -0.3 is 4.79 Å². The van der Waals surface area contributed by atoms with Gasteiger partial charge in [-0.05, 0) is 29.0 Å². The molecule has 0 heterocycles. The molecule has 2 aromatic carbocycles. The predicted octanol–water partition coefficient (Wildman–Crippen LogP) is 1.07. The van der Waals surface area contributed by atoms with Crippen LogP contribution in [0.5, 0.6) is 0 Å². The second-order valence-electron chi connectivity index (χ2n) is 4.23. The monoisotopic (exact) mass is 326 g/mol. The Balaban J connectivity index is 2.86. The van der Waals surface area contributed by atoms with Crippen LogP contribution in [0.3, 0.4) is 0 Å². The third-order valence-electron chi connectivity index (χ3n) is 2.92. The Hall–Kier alpha value is -1.96. The standard InChI is InChI=1S/C13H11ClN2O4S/c14-9-2-3-10-8(7-9)1-4-11(12(10)13(18)16-15)21(19,20)6-5-17/h1-5,7H,6,15H2,(H,16,18). The molecule has 6 nitrogen and oxygen atoms in total. The van der Waals surface area contributed by atoms with Gasteiger partial charge in [0.05, 0.1) is 10.5 Å². The highest BCUT2D eigenvalue weighted by Gasteiger charge is 2.24. The van der Waals surface area contributed by atoms with Crippen LogP contribution in [-0.4, -0.2) is 26.4 Å². The number of hydrazine groups is 1. The number of nitrogens with two attached hydrogens (primary N) is 1. The smallest absolute Gasteiger partial charge is 0.267 e. The van der Waals surface area contributed by atoms with Gasteiger partial charge in [-0.2, -0.15) is 0 Å². The van der Waals surface area contributed by atoms with E-state index in [2.05, 4.69) is 0 Å². The van der Waals surface area contributed by atoms with Crippen molar-refractivity contribution >= 4 is 44.4 Å². The third-order valence-corrected chi connectivity index (χ3v) is 4.74. The molecule has 1 amide bonds. The lowest BCUT2D eigenvalue weighted by Crippen LogP contribution is -2.31. The molecule has 0 fully saturated rings. The molecule has 3 N–H and O–H groups in total. The summed E-state index contributed by atoms with van der Waals surface area (Å²) in [6.45, 7) is 0. The minimum absolute atomic E-state index is 0.103. The van der Waals surface area contributed by atoms with Crippen LogP contribution in [0.1, 0.15) is 10.4 Å². The van der Waals surface area contributed by atoms with Crippen molar-refractivity contribution in [3.63, 3.8) is 0 Å². The van der Waals surface area contributed by atoms with Crippen molar-refractivity contribution in [3.05, 3.63) is 40.9 Å². The van der Waals surface area contributed by atoms with Crippen LogP contribution >= 0.6 is 11.6 Å². The molecular weight excluding hydrogens is 316 g/mol. The van der Waals surface area contributed by atoms with E-state index in [-0.39, 0.29) is 16.7 Å². The first-order valence-corrected chi connectivity index (χ1v) is 7.83. The Morgan fingerprint density at radius 3 is 2.62 bits per heavy atom. The number of carbonyl (C=O) groups is 2. The van der Waals surface area contributed by atoms with Gasteiger partial charge in [0.2, 0.25) is 0 Å². The van der Waals surface area contributed by atoms with E-state index in [4.69, 9.17) is 17.4 Å². The molecule has 0 bridgehead atoms. The molecule has 110 valence electrons. The number of hydrogen-bond acceptors (Lipinski definition) is 5. The summed E-state index contributed by atoms with van der Waals surface area (Å²) in [6, 6.07) is 7.45. The van der Waals surface area contributed by atoms with Gasteiger partial charge in [-0.15, -0.1) is 0 Å². The number of halogens is 1. The number of benzene rings is 2. The molecule has 0 radical (unpaired) electrons. The number of amides is 1. The summed E-state index contributed by atoms with van der Waals surface area (Å²) in [4.78, 5) is 22.2. The normalized spacial score (nSPS) is 11.3. The Labute approximate surface area is 125 Å². The highest BCUT2D eigenvalue weighted by molar-refractivity contribution is 7.92. The Bertz CT molecular complexity index is 833. The lowest BCUT2D eigenvalue weighted by Gasteiger charge is -2.11. The van der Waals surface area contributed by atoms with E-state index in [1.54, 1.807) is 6.07 Å². The maximum atomic E-state index is 12.1. The number of nitrogen functional groups attached to an aromatic ring is 1. The van der Waals surface area contributed by atoms with E-state index >= 15 is 0 Å². The molecule has 0 unspecified atom stereocenters. The van der Waals surface area contributed by atoms with E-state index in [0.29, 0.717) is 15.8 Å². The molecule has 2 aromatic rings. The van der Waals surface area contributed by atoms with Crippen molar-refractivity contribution in [1.82, 2.24) is 5.43 Å². The van der Waals surface area contributed by atoms with E-state index in [9.17, 15) is 18.0 Å². The topological polar surface area (TPSA) is 106 Å². The molecule has 0 aliphatic carbocycles. The molecule has 8 heteroatoms. The van der Waals surface area contributed by atoms with Crippen molar-refractivity contribution in [3.8, 4) is 0 Å². The molecule has 0 aromatic heterocycles. The fourth-order valence-electron chi connectivity index (χ4n) is 2.03. The molecule has 0 aliphatic heterocycles. The summed E-state index contributed by atoms with van der Waals surface area (Å²) < 4.78 is 24.2. The van der Waals surface area contributed by atoms with Gasteiger partial charge in [-0.1, -0.05) is 23.7 Å². The van der Waals surface area contributed by atoms with E-state index in [0.717, 1.165) is 0 Å². The molecule has 0 aliphatic rings. The Morgan fingerprint density at radius 2 is 2.00 bits per heavy atom. The van der Waals surface area contributed by atoms with Crippen LogP contribution in [0, 0.1) is 0 Å². The molecule has 2 rings (SSSR count). The lowest BCUT2D eigenvalue weighted by atomic mass is 10.0. The third kappa shape index (κ3) is 2.90. The summed E-state index contributed by atoms with van der Waals surface area (Å²) in [7, 11) is -3.92. The average molecular weight is 327 g/mol. The maximum absolute atomic E-state index is 12.1. The fourth-order valence-corrected chi connectivity index (χ4v) is 3.35. The second-order valence-corrected chi connectivity index (χ2v) is 6.66. The first-order valence-electron chi connectivity index (χ1n) is 5.80. The van der Waals surface area contributed by atoms with Crippen LogP contribution in [0.15, 0.2) is 35.2 Å². The SMILES string of the molecule is NNC(=O)c1c(S(=O)(=O)CC=O)ccc2cc(Cl)ccc12. The quantitative estimate of drug-likeness (QED) is 0.378. The Morgan fingerprint density at radius 1 is 1.29 bits per heavy atom. The number of fused-ring (bicyclic) bond motifs is 1. The number of rotatable bonds is 4. The van der Waals surface area contributed by atoms with Gasteiger partial charge in [0, 0.05) is 5.02 Å². The summed E-state index contributed by atoms with van der Waals surface area (Å²) >= 11 is 5.87. The number of hydrogen-bond donors (Lipinski definition) is 2. The van der Waals surface area contributed by atoms with Crippen molar-refractivity contribution < 1.29 is 18.0 Å². The van der Waals surface area contributed by atoms with Crippen LogP contribution < -0.4 is 11.3 Å².